The molecule has 1 aromatic heterocycles. The zero-order valence-electron chi connectivity index (χ0n) is 14.0. The Kier molecular flexibility index (Phi) is 4.02. The van der Waals surface area contributed by atoms with Gasteiger partial charge in [-0.25, -0.2) is 0 Å². The van der Waals surface area contributed by atoms with Crippen LogP contribution >= 0.6 is 0 Å². The highest BCUT2D eigenvalue weighted by Gasteiger charge is 2.55. The van der Waals surface area contributed by atoms with Gasteiger partial charge in [0, 0.05) is 24.4 Å². The molecule has 1 aliphatic rings. The molecule has 124 valence electrons. The number of nitrogens with zero attached hydrogens (tertiary/aromatic N) is 2. The predicted octanol–water partition coefficient (Wildman–Crippen LogP) is 3.39. The van der Waals surface area contributed by atoms with Crippen molar-refractivity contribution in [1.29, 1.82) is 0 Å². The van der Waals surface area contributed by atoms with Gasteiger partial charge in [-0.3, -0.25) is 4.79 Å². The summed E-state index contributed by atoms with van der Waals surface area (Å²) in [4.78, 5) is 12.3. The molecule has 25 heavy (non-hydrogen) atoms. The molecule has 1 heterocycles. The van der Waals surface area contributed by atoms with Crippen LogP contribution in [0.25, 0.3) is 11.1 Å². The molecule has 1 saturated carbocycles. The molecule has 0 radical (unpaired) electrons. The first-order valence-corrected chi connectivity index (χ1v) is 8.43. The van der Waals surface area contributed by atoms with E-state index in [0.717, 1.165) is 11.1 Å². The van der Waals surface area contributed by atoms with Gasteiger partial charge >= 0.3 is 0 Å². The molecule has 0 spiro atoms. The number of hydrogen-bond acceptors (Lipinski definition) is 3. The number of benzene rings is 2. The molecule has 4 heteroatoms. The van der Waals surface area contributed by atoms with Crippen molar-refractivity contribution in [3.8, 4) is 11.1 Å². The van der Waals surface area contributed by atoms with E-state index in [0.29, 0.717) is 0 Å². The van der Waals surface area contributed by atoms with Crippen LogP contribution in [0.15, 0.2) is 73.1 Å². The quantitative estimate of drug-likeness (QED) is 0.798. The minimum Gasteiger partial charge on any atom is -0.359 e. The number of nitrogens with one attached hydrogen (secondary N) is 1. The van der Waals surface area contributed by atoms with Crippen LogP contribution in [0.5, 0.6) is 0 Å². The second-order valence-corrected chi connectivity index (χ2v) is 6.36. The molecule has 0 saturated heterocycles. The summed E-state index contributed by atoms with van der Waals surface area (Å²) in [6, 6.07) is 20.7. The molecule has 0 unspecified atom stereocenters. The Morgan fingerprint density at radius 3 is 2.12 bits per heavy atom. The van der Waals surface area contributed by atoms with E-state index in [1.807, 2.05) is 24.3 Å². The van der Waals surface area contributed by atoms with Crippen molar-refractivity contribution in [3.63, 3.8) is 0 Å². The molecule has 3 aromatic rings. The summed E-state index contributed by atoms with van der Waals surface area (Å²) in [5.74, 6) is 0.587. The molecular formula is C21H19N3O. The van der Waals surface area contributed by atoms with Crippen LogP contribution in [0, 0.1) is 5.92 Å². The van der Waals surface area contributed by atoms with Crippen molar-refractivity contribution in [2.24, 2.45) is 5.92 Å². The molecule has 2 aromatic carbocycles. The molecule has 0 aliphatic heterocycles. The van der Waals surface area contributed by atoms with E-state index in [4.69, 9.17) is 0 Å². The van der Waals surface area contributed by atoms with Crippen LogP contribution in [-0.2, 0) is 4.79 Å². The lowest BCUT2D eigenvalue weighted by molar-refractivity contribution is -0.122. The molecule has 1 aliphatic carbocycles. The van der Waals surface area contributed by atoms with Crippen molar-refractivity contribution < 1.29 is 4.79 Å². The van der Waals surface area contributed by atoms with Crippen LogP contribution in [0.2, 0.25) is 0 Å². The molecule has 0 bridgehead atoms. The Balaban J connectivity index is 1.63. The van der Waals surface area contributed by atoms with Crippen LogP contribution in [0.4, 0.5) is 0 Å². The van der Waals surface area contributed by atoms with Crippen molar-refractivity contribution in [3.05, 3.63) is 84.2 Å². The zero-order chi connectivity index (χ0) is 17.2. The Bertz CT molecular complexity index is 863. The first-order chi connectivity index (χ1) is 12.3. The number of hydrogen-bond donors (Lipinski definition) is 1. The van der Waals surface area contributed by atoms with E-state index in [-0.39, 0.29) is 23.7 Å². The fourth-order valence-corrected chi connectivity index (χ4v) is 3.67. The van der Waals surface area contributed by atoms with E-state index in [1.165, 1.54) is 11.1 Å². The van der Waals surface area contributed by atoms with Gasteiger partial charge < -0.3 is 5.32 Å². The molecule has 1 N–H and O–H groups in total. The fraction of sp³-hybridized carbons (Fsp3) is 0.190. The maximum absolute atomic E-state index is 12.3. The number of rotatable bonds is 4. The highest BCUT2D eigenvalue weighted by molar-refractivity contribution is 5.85. The number of aromatic nitrogens is 2. The van der Waals surface area contributed by atoms with Gasteiger partial charge in [-0.05, 0) is 22.8 Å². The Labute approximate surface area is 146 Å². The Morgan fingerprint density at radius 2 is 1.52 bits per heavy atom. The lowest BCUT2D eigenvalue weighted by Gasteiger charge is -2.04. The van der Waals surface area contributed by atoms with E-state index < -0.39 is 0 Å². The zero-order valence-corrected chi connectivity index (χ0v) is 14.0. The normalized spacial score (nSPS) is 21.6. The summed E-state index contributed by atoms with van der Waals surface area (Å²) >= 11 is 0. The van der Waals surface area contributed by atoms with Gasteiger partial charge in [0.05, 0.1) is 18.3 Å². The third-order valence-corrected chi connectivity index (χ3v) is 4.97. The van der Waals surface area contributed by atoms with Gasteiger partial charge in [0.1, 0.15) is 0 Å². The summed E-state index contributed by atoms with van der Waals surface area (Å²) in [5.41, 5.74) is 4.57. The van der Waals surface area contributed by atoms with Crippen LogP contribution in [0.1, 0.15) is 23.0 Å². The number of amides is 1. The van der Waals surface area contributed by atoms with Crippen LogP contribution < -0.4 is 5.32 Å². The topological polar surface area (TPSA) is 54.9 Å². The summed E-state index contributed by atoms with van der Waals surface area (Å²) in [5, 5.41) is 10.6. The van der Waals surface area contributed by atoms with Crippen molar-refractivity contribution in [2.45, 2.75) is 11.8 Å². The van der Waals surface area contributed by atoms with E-state index >= 15 is 0 Å². The second kappa shape index (κ2) is 6.48. The van der Waals surface area contributed by atoms with Crippen LogP contribution in [0.3, 0.4) is 0 Å². The van der Waals surface area contributed by atoms with Crippen molar-refractivity contribution in [2.75, 3.05) is 7.05 Å². The van der Waals surface area contributed by atoms with Gasteiger partial charge in [0.2, 0.25) is 5.91 Å². The minimum absolute atomic E-state index is 0.000780. The molecule has 1 fully saturated rings. The molecular weight excluding hydrogens is 310 g/mol. The third kappa shape index (κ3) is 2.91. The van der Waals surface area contributed by atoms with Gasteiger partial charge in [0.25, 0.3) is 0 Å². The second-order valence-electron chi connectivity index (χ2n) is 6.36. The monoisotopic (exact) mass is 329 g/mol. The average molecular weight is 329 g/mol. The van der Waals surface area contributed by atoms with Gasteiger partial charge in [-0.1, -0.05) is 54.6 Å². The van der Waals surface area contributed by atoms with Crippen molar-refractivity contribution >= 4 is 5.91 Å². The summed E-state index contributed by atoms with van der Waals surface area (Å²) in [6.07, 6.45) is 3.45. The smallest absolute Gasteiger partial charge is 0.224 e. The molecule has 3 atom stereocenters. The number of carbonyl (C=O) groups excluding carboxylic acids is 1. The minimum atomic E-state index is 0.000780. The third-order valence-electron chi connectivity index (χ3n) is 4.97. The van der Waals surface area contributed by atoms with Crippen LogP contribution in [-0.4, -0.2) is 23.2 Å². The maximum atomic E-state index is 12.3. The Hall–Kier alpha value is -3.01. The molecule has 4 nitrogen and oxygen atoms in total. The lowest BCUT2D eigenvalue weighted by Crippen LogP contribution is -2.20. The van der Waals surface area contributed by atoms with Gasteiger partial charge in [-0.15, -0.1) is 0 Å². The lowest BCUT2D eigenvalue weighted by atomic mass is 10.0. The van der Waals surface area contributed by atoms with Crippen molar-refractivity contribution in [1.82, 2.24) is 15.5 Å². The van der Waals surface area contributed by atoms with Gasteiger partial charge in [-0.2, -0.15) is 10.2 Å². The standard InChI is InChI=1S/C21H19N3O/c1-22-21(25)20-18(15-5-3-2-4-6-15)19(20)16-9-7-14(8-10-16)17-11-12-23-24-13-17/h2-13,18-20H,1H3,(H,22,25)/t18-,19-,20-/m1/s1. The highest BCUT2D eigenvalue weighted by Crippen LogP contribution is 2.60. The fourth-order valence-electron chi connectivity index (χ4n) is 3.67. The first-order valence-electron chi connectivity index (χ1n) is 8.43. The average Bonchev–Trinajstić information content (AvgIpc) is 3.44. The highest BCUT2D eigenvalue weighted by atomic mass is 16.2. The summed E-state index contributed by atoms with van der Waals surface area (Å²) in [6.45, 7) is 0. The molecule has 1 amide bonds. The SMILES string of the molecule is CNC(=O)[C@@H]1[C@H](c2ccccc2)[C@H]1c1ccc(-c2ccnnc2)cc1. The van der Waals surface area contributed by atoms with E-state index in [1.54, 1.807) is 19.4 Å². The van der Waals surface area contributed by atoms with E-state index in [9.17, 15) is 4.79 Å². The first kappa shape index (κ1) is 15.5. The van der Waals surface area contributed by atoms with Gasteiger partial charge in [0.15, 0.2) is 0 Å². The van der Waals surface area contributed by atoms with E-state index in [2.05, 4.69) is 51.9 Å². The largest absolute Gasteiger partial charge is 0.359 e. The summed E-state index contributed by atoms with van der Waals surface area (Å²) < 4.78 is 0. The number of carbonyl (C=O) groups is 1. The predicted molar refractivity (Wildman–Crippen MR) is 96.9 cm³/mol. The summed E-state index contributed by atoms with van der Waals surface area (Å²) in [7, 11) is 1.71. The Morgan fingerprint density at radius 1 is 0.840 bits per heavy atom. The molecule has 4 rings (SSSR count). The maximum Gasteiger partial charge on any atom is 0.224 e.